The second-order valence-electron chi connectivity index (χ2n) is 5.23. The molecule has 0 bridgehead atoms. The molecule has 0 amide bonds. The Balaban J connectivity index is 1.81. The molecule has 0 saturated heterocycles. The van der Waals surface area contributed by atoms with E-state index in [9.17, 15) is 13.2 Å². The smallest absolute Gasteiger partial charge is 0.335 e. The lowest BCUT2D eigenvalue weighted by atomic mass is 10.2. The van der Waals surface area contributed by atoms with Crippen molar-refractivity contribution in [3.8, 4) is 0 Å². The fourth-order valence-corrected chi connectivity index (χ4v) is 3.35. The van der Waals surface area contributed by atoms with Gasteiger partial charge in [-0.2, -0.15) is 0 Å². The number of rotatable bonds is 5. The summed E-state index contributed by atoms with van der Waals surface area (Å²) >= 11 is 0. The summed E-state index contributed by atoms with van der Waals surface area (Å²) in [7, 11) is -1.93. The van der Waals surface area contributed by atoms with Gasteiger partial charge in [-0.1, -0.05) is 12.1 Å². The Morgan fingerprint density at radius 2 is 1.83 bits per heavy atom. The molecule has 0 aliphatic rings. The summed E-state index contributed by atoms with van der Waals surface area (Å²) in [5.74, 6) is -0.520. The maximum Gasteiger partial charge on any atom is 0.335 e. The first-order valence-corrected chi connectivity index (χ1v) is 8.60. The Morgan fingerprint density at radius 1 is 1.17 bits per heavy atom. The second kappa shape index (κ2) is 6.06. The van der Waals surface area contributed by atoms with Crippen LogP contribution in [0.15, 0.2) is 53.4 Å². The highest BCUT2D eigenvalue weighted by Crippen LogP contribution is 2.15. The zero-order valence-electron chi connectivity index (χ0n) is 12.8. The number of nitrogens with zero attached hydrogens (tertiary/aromatic N) is 2. The Labute approximate surface area is 138 Å². The van der Waals surface area contributed by atoms with Crippen LogP contribution < -0.4 is 4.72 Å². The third kappa shape index (κ3) is 3.01. The van der Waals surface area contributed by atoms with Gasteiger partial charge in [0.25, 0.3) is 0 Å². The summed E-state index contributed by atoms with van der Waals surface area (Å²) in [5, 5.41) is 8.85. The SMILES string of the molecule is Cn1c(CNS(=O)(=O)c2ccc(C(=O)O)cc2)nc2ccccc21. The third-order valence-electron chi connectivity index (χ3n) is 3.71. The molecule has 1 aromatic heterocycles. The van der Waals surface area contributed by atoms with E-state index in [1.54, 1.807) is 0 Å². The minimum Gasteiger partial charge on any atom is -0.478 e. The van der Waals surface area contributed by atoms with Crippen LogP contribution in [0.2, 0.25) is 0 Å². The van der Waals surface area contributed by atoms with E-state index in [0.29, 0.717) is 5.82 Å². The van der Waals surface area contributed by atoms with Crippen molar-refractivity contribution in [1.82, 2.24) is 14.3 Å². The van der Waals surface area contributed by atoms with Crippen LogP contribution in [0.1, 0.15) is 16.2 Å². The molecule has 0 atom stereocenters. The van der Waals surface area contributed by atoms with Crippen molar-refractivity contribution in [2.45, 2.75) is 11.4 Å². The summed E-state index contributed by atoms with van der Waals surface area (Å²) in [5.41, 5.74) is 1.74. The number of carboxylic acids is 1. The lowest BCUT2D eigenvalue weighted by Crippen LogP contribution is -2.24. The van der Waals surface area contributed by atoms with Gasteiger partial charge in [0, 0.05) is 7.05 Å². The second-order valence-corrected chi connectivity index (χ2v) is 7.00. The van der Waals surface area contributed by atoms with Gasteiger partial charge in [0.15, 0.2) is 0 Å². The number of hydrogen-bond acceptors (Lipinski definition) is 4. The van der Waals surface area contributed by atoms with Crippen LogP contribution in [0.3, 0.4) is 0 Å². The largest absolute Gasteiger partial charge is 0.478 e. The van der Waals surface area contributed by atoms with Crippen LogP contribution in [0.4, 0.5) is 0 Å². The zero-order chi connectivity index (χ0) is 17.3. The summed E-state index contributed by atoms with van der Waals surface area (Å²) in [6.45, 7) is 0.0359. The molecular weight excluding hydrogens is 330 g/mol. The Morgan fingerprint density at radius 3 is 2.46 bits per heavy atom. The average Bonchev–Trinajstić information content (AvgIpc) is 2.90. The molecule has 8 heteroatoms. The van der Waals surface area contributed by atoms with Gasteiger partial charge in [0.2, 0.25) is 10.0 Å². The van der Waals surface area contributed by atoms with Gasteiger partial charge in [0.1, 0.15) is 5.82 Å². The van der Waals surface area contributed by atoms with Gasteiger partial charge in [-0.05, 0) is 36.4 Å². The number of aromatic nitrogens is 2. The highest BCUT2D eigenvalue weighted by molar-refractivity contribution is 7.89. The molecule has 0 aliphatic heterocycles. The Bertz CT molecular complexity index is 1010. The van der Waals surface area contributed by atoms with Crippen LogP contribution in [-0.2, 0) is 23.6 Å². The number of carbonyl (C=O) groups is 1. The molecule has 0 saturated carbocycles. The predicted molar refractivity (Wildman–Crippen MR) is 88.1 cm³/mol. The minimum atomic E-state index is -3.75. The van der Waals surface area contributed by atoms with E-state index in [1.165, 1.54) is 24.3 Å². The maximum absolute atomic E-state index is 12.3. The summed E-state index contributed by atoms with van der Waals surface area (Å²) in [6, 6.07) is 12.6. The van der Waals surface area contributed by atoms with Crippen LogP contribution in [0.25, 0.3) is 11.0 Å². The molecule has 3 rings (SSSR count). The van der Waals surface area contributed by atoms with Crippen LogP contribution in [0.5, 0.6) is 0 Å². The fraction of sp³-hybridized carbons (Fsp3) is 0.125. The third-order valence-corrected chi connectivity index (χ3v) is 5.13. The molecule has 24 heavy (non-hydrogen) atoms. The highest BCUT2D eigenvalue weighted by atomic mass is 32.2. The van der Waals surface area contributed by atoms with Crippen molar-refractivity contribution >= 4 is 27.0 Å². The molecule has 1 heterocycles. The molecule has 3 aromatic rings. The first-order valence-electron chi connectivity index (χ1n) is 7.12. The normalized spacial score (nSPS) is 11.7. The maximum atomic E-state index is 12.3. The average molecular weight is 345 g/mol. The van der Waals surface area contributed by atoms with E-state index in [0.717, 1.165) is 11.0 Å². The van der Waals surface area contributed by atoms with Crippen molar-refractivity contribution in [2.24, 2.45) is 7.05 Å². The lowest BCUT2D eigenvalue weighted by molar-refractivity contribution is 0.0696. The predicted octanol–water partition coefficient (Wildman–Crippen LogP) is 1.75. The van der Waals surface area contributed by atoms with Crippen LogP contribution >= 0.6 is 0 Å². The Kier molecular flexibility index (Phi) is 4.08. The number of carboxylic acid groups (broad SMARTS) is 1. The van der Waals surface area contributed by atoms with Gasteiger partial charge >= 0.3 is 5.97 Å². The molecule has 0 fully saturated rings. The lowest BCUT2D eigenvalue weighted by Gasteiger charge is -2.07. The number of aromatic carboxylic acids is 1. The molecular formula is C16H15N3O4S. The van der Waals surface area contributed by atoms with Crippen molar-refractivity contribution in [1.29, 1.82) is 0 Å². The fourth-order valence-electron chi connectivity index (χ4n) is 2.37. The van der Waals surface area contributed by atoms with Crippen molar-refractivity contribution in [3.05, 3.63) is 59.9 Å². The Hall–Kier alpha value is -2.71. The molecule has 7 nitrogen and oxygen atoms in total. The van der Waals surface area contributed by atoms with E-state index in [1.807, 2.05) is 35.9 Å². The topological polar surface area (TPSA) is 101 Å². The van der Waals surface area contributed by atoms with Crippen molar-refractivity contribution < 1.29 is 18.3 Å². The number of imidazole rings is 1. The highest BCUT2D eigenvalue weighted by Gasteiger charge is 2.16. The molecule has 124 valence electrons. The standard InChI is InChI=1S/C16H15N3O4S/c1-19-14-5-3-2-4-13(14)18-15(19)10-17-24(22,23)12-8-6-11(7-9-12)16(20)21/h2-9,17H,10H2,1H3,(H,20,21). The quantitative estimate of drug-likeness (QED) is 0.733. The molecule has 0 radical (unpaired) electrons. The summed E-state index contributed by atoms with van der Waals surface area (Å²) < 4.78 is 28.9. The number of aryl methyl sites for hydroxylation is 1. The zero-order valence-corrected chi connectivity index (χ0v) is 13.6. The van der Waals surface area contributed by atoms with Crippen LogP contribution in [-0.4, -0.2) is 29.0 Å². The number of fused-ring (bicyclic) bond motifs is 1. The van der Waals surface area contributed by atoms with E-state index < -0.39 is 16.0 Å². The number of nitrogens with one attached hydrogen (secondary N) is 1. The summed E-state index contributed by atoms with van der Waals surface area (Å²) in [4.78, 5) is 15.2. The van der Waals surface area contributed by atoms with Gasteiger partial charge in [-0.15, -0.1) is 0 Å². The number of hydrogen-bond donors (Lipinski definition) is 2. The van der Waals surface area contributed by atoms with Crippen molar-refractivity contribution in [3.63, 3.8) is 0 Å². The molecule has 0 spiro atoms. The van der Waals surface area contributed by atoms with Gasteiger partial charge in [-0.25, -0.2) is 22.9 Å². The van der Waals surface area contributed by atoms with E-state index >= 15 is 0 Å². The molecule has 2 aromatic carbocycles. The number of benzene rings is 2. The number of para-hydroxylation sites is 2. The van der Waals surface area contributed by atoms with Gasteiger partial charge < -0.3 is 9.67 Å². The minimum absolute atomic E-state index is 0.00580. The van der Waals surface area contributed by atoms with Gasteiger partial charge in [-0.3, -0.25) is 0 Å². The summed E-state index contributed by atoms with van der Waals surface area (Å²) in [6.07, 6.45) is 0. The van der Waals surface area contributed by atoms with Crippen LogP contribution in [0, 0.1) is 0 Å². The van der Waals surface area contributed by atoms with Gasteiger partial charge in [0.05, 0.1) is 28.0 Å². The first-order chi connectivity index (χ1) is 11.4. The van der Waals surface area contributed by atoms with Crippen molar-refractivity contribution in [2.75, 3.05) is 0 Å². The molecule has 0 unspecified atom stereocenters. The van der Waals surface area contributed by atoms with E-state index in [2.05, 4.69) is 9.71 Å². The van der Waals surface area contributed by atoms with E-state index in [-0.39, 0.29) is 17.0 Å². The number of sulfonamides is 1. The first kappa shape index (κ1) is 16.2. The monoisotopic (exact) mass is 345 g/mol. The van der Waals surface area contributed by atoms with E-state index in [4.69, 9.17) is 5.11 Å². The molecule has 2 N–H and O–H groups in total. The molecule has 0 aliphatic carbocycles.